The van der Waals surface area contributed by atoms with E-state index >= 15 is 0 Å². The topological polar surface area (TPSA) is 37.0 Å². The maximum Gasteiger partial charge on any atom is 0.214 e. The number of nitrogens with zero attached hydrogens (tertiary/aromatic N) is 1. The summed E-state index contributed by atoms with van der Waals surface area (Å²) in [6, 6.07) is 5.17. The number of halogens is 1. The average molecular weight is 181 g/mol. The van der Waals surface area contributed by atoms with Gasteiger partial charge in [0.15, 0.2) is 0 Å². The summed E-state index contributed by atoms with van der Waals surface area (Å²) in [6.07, 6.45) is 1.07. The molecule has 3 nitrogen and oxygen atoms in total. The molecule has 70 valence electrons. The van der Waals surface area contributed by atoms with Crippen molar-refractivity contribution in [2.24, 2.45) is 0 Å². The van der Waals surface area contributed by atoms with Gasteiger partial charge in [0, 0.05) is 12.6 Å². The van der Waals surface area contributed by atoms with Crippen LogP contribution < -0.4 is 10.6 Å². The molecule has 13 heavy (non-hydrogen) atoms. The van der Waals surface area contributed by atoms with E-state index in [1.54, 1.807) is 12.1 Å². The quantitative estimate of drug-likeness (QED) is 0.668. The second kappa shape index (κ2) is 3.70. The summed E-state index contributed by atoms with van der Waals surface area (Å²) in [5.41, 5.74) is 0. The van der Waals surface area contributed by atoms with Crippen molar-refractivity contribution < 1.29 is 4.39 Å². The fraction of sp³-hybridized carbons (Fsp3) is 0.444. The van der Waals surface area contributed by atoms with Crippen molar-refractivity contribution in [2.75, 3.05) is 18.4 Å². The van der Waals surface area contributed by atoms with Crippen LogP contribution in [0.5, 0.6) is 0 Å². The van der Waals surface area contributed by atoms with Crippen molar-refractivity contribution in [1.82, 2.24) is 10.3 Å². The molecular formula is C9H12FN3. The third kappa shape index (κ3) is 2.15. The number of nitrogens with one attached hydrogen (secondary N) is 2. The second-order valence-corrected chi connectivity index (χ2v) is 3.18. The van der Waals surface area contributed by atoms with Gasteiger partial charge in [-0.3, -0.25) is 0 Å². The van der Waals surface area contributed by atoms with Gasteiger partial charge in [-0.15, -0.1) is 0 Å². The SMILES string of the molecule is Fc1cccc(NC2CCNC2)n1. The summed E-state index contributed by atoms with van der Waals surface area (Å²) in [5.74, 6) is 0.185. The zero-order valence-corrected chi connectivity index (χ0v) is 7.26. The van der Waals surface area contributed by atoms with Gasteiger partial charge in [-0.2, -0.15) is 4.39 Å². The van der Waals surface area contributed by atoms with E-state index in [-0.39, 0.29) is 0 Å². The molecule has 1 aliphatic rings. The monoisotopic (exact) mass is 181 g/mol. The Balaban J connectivity index is 2.00. The normalized spacial score (nSPS) is 21.8. The van der Waals surface area contributed by atoms with Gasteiger partial charge in [0.1, 0.15) is 5.82 Å². The third-order valence-electron chi connectivity index (χ3n) is 2.13. The first-order valence-electron chi connectivity index (χ1n) is 4.44. The number of pyridine rings is 1. The van der Waals surface area contributed by atoms with Crippen LogP contribution in [0, 0.1) is 5.95 Å². The molecule has 2 rings (SSSR count). The highest BCUT2D eigenvalue weighted by atomic mass is 19.1. The number of rotatable bonds is 2. The van der Waals surface area contributed by atoms with Crippen LogP contribution in [0.25, 0.3) is 0 Å². The molecule has 2 heterocycles. The maximum atomic E-state index is 12.7. The molecule has 1 atom stereocenters. The van der Waals surface area contributed by atoms with Crippen molar-refractivity contribution >= 4 is 5.82 Å². The minimum atomic E-state index is -0.434. The molecule has 1 aromatic rings. The predicted molar refractivity (Wildman–Crippen MR) is 49.1 cm³/mol. The van der Waals surface area contributed by atoms with Crippen LogP contribution >= 0.6 is 0 Å². The Morgan fingerprint density at radius 2 is 2.46 bits per heavy atom. The van der Waals surface area contributed by atoms with Crippen LogP contribution in [-0.2, 0) is 0 Å². The van der Waals surface area contributed by atoms with Gasteiger partial charge < -0.3 is 10.6 Å². The first-order chi connectivity index (χ1) is 6.34. The molecule has 0 saturated carbocycles. The molecule has 1 fully saturated rings. The summed E-state index contributed by atoms with van der Waals surface area (Å²) in [7, 11) is 0. The van der Waals surface area contributed by atoms with E-state index in [0.717, 1.165) is 19.5 Å². The van der Waals surface area contributed by atoms with Crippen molar-refractivity contribution in [3.8, 4) is 0 Å². The number of hydrogen-bond acceptors (Lipinski definition) is 3. The van der Waals surface area contributed by atoms with E-state index in [2.05, 4.69) is 15.6 Å². The fourth-order valence-corrected chi connectivity index (χ4v) is 1.48. The van der Waals surface area contributed by atoms with E-state index in [4.69, 9.17) is 0 Å². The number of hydrogen-bond donors (Lipinski definition) is 2. The molecule has 0 aliphatic carbocycles. The molecule has 1 aromatic heterocycles. The van der Waals surface area contributed by atoms with E-state index in [9.17, 15) is 4.39 Å². The first kappa shape index (κ1) is 8.44. The summed E-state index contributed by atoms with van der Waals surface area (Å²) < 4.78 is 12.7. The largest absolute Gasteiger partial charge is 0.366 e. The van der Waals surface area contributed by atoms with Crippen LogP contribution in [0.15, 0.2) is 18.2 Å². The van der Waals surface area contributed by atoms with Gasteiger partial charge in [0.2, 0.25) is 5.95 Å². The van der Waals surface area contributed by atoms with Crippen LogP contribution in [0.4, 0.5) is 10.2 Å². The molecule has 2 N–H and O–H groups in total. The van der Waals surface area contributed by atoms with Crippen molar-refractivity contribution in [3.63, 3.8) is 0 Å². The van der Waals surface area contributed by atoms with Gasteiger partial charge in [-0.1, -0.05) is 6.07 Å². The highest BCUT2D eigenvalue weighted by Crippen LogP contribution is 2.08. The van der Waals surface area contributed by atoms with E-state index in [1.165, 1.54) is 6.07 Å². The highest BCUT2D eigenvalue weighted by Gasteiger charge is 2.13. The summed E-state index contributed by atoms with van der Waals surface area (Å²) in [4.78, 5) is 3.73. The Hall–Kier alpha value is -1.16. The van der Waals surface area contributed by atoms with Crippen molar-refractivity contribution in [1.29, 1.82) is 0 Å². The van der Waals surface area contributed by atoms with Crippen molar-refractivity contribution in [3.05, 3.63) is 24.1 Å². The lowest BCUT2D eigenvalue weighted by Crippen LogP contribution is -2.22. The molecule has 1 aliphatic heterocycles. The highest BCUT2D eigenvalue weighted by molar-refractivity contribution is 5.35. The summed E-state index contributed by atoms with van der Waals surface area (Å²) in [6.45, 7) is 1.95. The summed E-state index contributed by atoms with van der Waals surface area (Å²) >= 11 is 0. The molecular weight excluding hydrogens is 169 g/mol. The van der Waals surface area contributed by atoms with Gasteiger partial charge in [-0.05, 0) is 25.1 Å². The average Bonchev–Trinajstić information content (AvgIpc) is 2.57. The molecule has 1 unspecified atom stereocenters. The standard InChI is InChI=1S/C9H12FN3/c10-8-2-1-3-9(13-8)12-7-4-5-11-6-7/h1-3,7,11H,4-6H2,(H,12,13). The minimum absolute atomic E-state index is 0.384. The van der Waals surface area contributed by atoms with Crippen LogP contribution in [0.1, 0.15) is 6.42 Å². The molecule has 0 aromatic carbocycles. The maximum absolute atomic E-state index is 12.7. The van der Waals surface area contributed by atoms with E-state index < -0.39 is 5.95 Å². The molecule has 4 heteroatoms. The van der Waals surface area contributed by atoms with Crippen LogP contribution in [0.3, 0.4) is 0 Å². The number of anilines is 1. The predicted octanol–water partition coefficient (Wildman–Crippen LogP) is 0.994. The lowest BCUT2D eigenvalue weighted by atomic mass is 10.2. The fourth-order valence-electron chi connectivity index (χ4n) is 1.48. The molecule has 1 saturated heterocycles. The zero-order chi connectivity index (χ0) is 9.10. The van der Waals surface area contributed by atoms with Crippen molar-refractivity contribution in [2.45, 2.75) is 12.5 Å². The van der Waals surface area contributed by atoms with Gasteiger partial charge in [-0.25, -0.2) is 4.98 Å². The first-order valence-corrected chi connectivity index (χ1v) is 4.44. The Kier molecular flexibility index (Phi) is 2.40. The Morgan fingerprint density at radius 1 is 1.54 bits per heavy atom. The third-order valence-corrected chi connectivity index (χ3v) is 2.13. The Morgan fingerprint density at radius 3 is 3.15 bits per heavy atom. The smallest absolute Gasteiger partial charge is 0.214 e. The molecule has 0 radical (unpaired) electrons. The van der Waals surface area contributed by atoms with Crippen LogP contribution in [-0.4, -0.2) is 24.1 Å². The Bertz CT molecular complexity index is 284. The summed E-state index contributed by atoms with van der Waals surface area (Å²) in [5, 5.41) is 6.39. The molecule has 0 spiro atoms. The zero-order valence-electron chi connectivity index (χ0n) is 7.26. The lowest BCUT2D eigenvalue weighted by molar-refractivity contribution is 0.584. The molecule has 0 amide bonds. The minimum Gasteiger partial charge on any atom is -0.366 e. The van der Waals surface area contributed by atoms with Gasteiger partial charge >= 0.3 is 0 Å². The van der Waals surface area contributed by atoms with Crippen LogP contribution in [0.2, 0.25) is 0 Å². The van der Waals surface area contributed by atoms with E-state index in [0.29, 0.717) is 11.9 Å². The van der Waals surface area contributed by atoms with Gasteiger partial charge in [0.05, 0.1) is 0 Å². The van der Waals surface area contributed by atoms with E-state index in [1.807, 2.05) is 0 Å². The second-order valence-electron chi connectivity index (χ2n) is 3.18. The van der Waals surface area contributed by atoms with Gasteiger partial charge in [0.25, 0.3) is 0 Å². The molecule has 0 bridgehead atoms. The lowest BCUT2D eigenvalue weighted by Gasteiger charge is -2.11. The Labute approximate surface area is 76.4 Å². The number of aromatic nitrogens is 1.